The van der Waals surface area contributed by atoms with Gasteiger partial charge in [0.25, 0.3) is 0 Å². The topological polar surface area (TPSA) is 61.2 Å². The van der Waals surface area contributed by atoms with Crippen LogP contribution in [-0.2, 0) is 11.2 Å². The van der Waals surface area contributed by atoms with Crippen LogP contribution in [0.2, 0.25) is 10.0 Å². The average Bonchev–Trinajstić information content (AvgIpc) is 3.01. The summed E-state index contributed by atoms with van der Waals surface area (Å²) in [4.78, 5) is 30.1. The molecule has 0 amide bonds. The minimum Gasteiger partial charge on any atom is -0.464 e. The quantitative estimate of drug-likeness (QED) is 0.480. The maximum Gasteiger partial charge on any atom is 0.357 e. The van der Waals surface area contributed by atoms with Crippen molar-refractivity contribution in [2.24, 2.45) is 0 Å². The van der Waals surface area contributed by atoms with Gasteiger partial charge in [-0.3, -0.25) is 4.79 Å². The van der Waals surface area contributed by atoms with Crippen molar-refractivity contribution < 1.29 is 14.3 Å². The molecule has 0 saturated heterocycles. The van der Waals surface area contributed by atoms with Gasteiger partial charge in [-0.15, -0.1) is 0 Å². The van der Waals surface area contributed by atoms with Crippen LogP contribution >= 0.6 is 23.2 Å². The number of esters is 1. The van der Waals surface area contributed by atoms with Crippen LogP contribution in [-0.4, -0.2) is 28.4 Å². The molecule has 2 aromatic rings. The number of carbonyl (C=O) groups excluding carboxylic acids is 2. The third-order valence-corrected chi connectivity index (χ3v) is 4.93. The van der Waals surface area contributed by atoms with Gasteiger partial charge in [0.1, 0.15) is 11.5 Å². The third kappa shape index (κ3) is 3.79. The molecule has 26 heavy (non-hydrogen) atoms. The van der Waals surface area contributed by atoms with Crippen LogP contribution in [0.3, 0.4) is 0 Å². The van der Waals surface area contributed by atoms with Crippen LogP contribution in [0, 0.1) is 0 Å². The van der Waals surface area contributed by atoms with Gasteiger partial charge in [0.2, 0.25) is 5.78 Å². The van der Waals surface area contributed by atoms with Crippen molar-refractivity contribution in [2.75, 3.05) is 7.11 Å². The van der Waals surface area contributed by atoms with Gasteiger partial charge in [-0.25, -0.2) is 9.78 Å². The molecule has 0 N–H and O–H groups in total. The van der Waals surface area contributed by atoms with E-state index >= 15 is 0 Å². The van der Waals surface area contributed by atoms with Gasteiger partial charge in [0.15, 0.2) is 5.69 Å². The zero-order valence-electron chi connectivity index (χ0n) is 15.3. The van der Waals surface area contributed by atoms with Gasteiger partial charge >= 0.3 is 5.97 Å². The number of aromatic nitrogens is 2. The van der Waals surface area contributed by atoms with Crippen molar-refractivity contribution in [3.63, 3.8) is 0 Å². The molecule has 1 aromatic heterocycles. The van der Waals surface area contributed by atoms with Crippen LogP contribution < -0.4 is 0 Å². The summed E-state index contributed by atoms with van der Waals surface area (Å²) in [5.74, 6) is -0.337. The summed E-state index contributed by atoms with van der Waals surface area (Å²) in [6.45, 7) is 6.00. The largest absolute Gasteiger partial charge is 0.464 e. The van der Waals surface area contributed by atoms with Gasteiger partial charge in [-0.05, 0) is 31.0 Å². The zero-order chi connectivity index (χ0) is 19.4. The number of halogens is 2. The first-order valence-corrected chi connectivity index (χ1v) is 9.34. The molecule has 0 fully saturated rings. The summed E-state index contributed by atoms with van der Waals surface area (Å²) < 4.78 is 6.78. The Morgan fingerprint density at radius 3 is 2.35 bits per heavy atom. The molecule has 7 heteroatoms. The Morgan fingerprint density at radius 2 is 1.85 bits per heavy atom. The highest BCUT2D eigenvalue weighted by molar-refractivity contribution is 6.37. The first-order valence-electron chi connectivity index (χ1n) is 8.58. The smallest absolute Gasteiger partial charge is 0.357 e. The van der Waals surface area contributed by atoms with Gasteiger partial charge in [0, 0.05) is 23.0 Å². The Balaban J connectivity index is 2.71. The molecule has 0 spiro atoms. The Kier molecular flexibility index (Phi) is 6.84. The number of ketones is 1. The van der Waals surface area contributed by atoms with Gasteiger partial charge < -0.3 is 9.30 Å². The molecule has 1 aromatic carbocycles. The second-order valence-corrected chi connectivity index (χ2v) is 6.71. The summed E-state index contributed by atoms with van der Waals surface area (Å²) in [5.41, 5.74) is 0.483. The SMILES string of the molecule is CCc1nc(C(=O)c2ccc(Cl)cc2Cl)c(C(=O)OC)n1C(CC)CC. The van der Waals surface area contributed by atoms with E-state index in [1.54, 1.807) is 6.07 Å². The average molecular weight is 397 g/mol. The second-order valence-electron chi connectivity index (χ2n) is 5.86. The number of rotatable bonds is 7. The molecule has 5 nitrogen and oxygen atoms in total. The molecular weight excluding hydrogens is 375 g/mol. The van der Waals surface area contributed by atoms with E-state index in [9.17, 15) is 9.59 Å². The van der Waals surface area contributed by atoms with E-state index in [4.69, 9.17) is 27.9 Å². The number of hydrogen-bond donors (Lipinski definition) is 0. The first kappa shape index (κ1) is 20.5. The van der Waals surface area contributed by atoms with E-state index in [0.29, 0.717) is 17.3 Å². The molecule has 0 saturated carbocycles. The van der Waals surface area contributed by atoms with Crippen LogP contribution in [0.4, 0.5) is 0 Å². The van der Waals surface area contributed by atoms with Gasteiger partial charge in [0.05, 0.1) is 12.1 Å². The lowest BCUT2D eigenvalue weighted by molar-refractivity contribution is 0.0581. The van der Waals surface area contributed by atoms with Crippen LogP contribution in [0.15, 0.2) is 18.2 Å². The number of nitrogens with zero attached hydrogens (tertiary/aromatic N) is 2. The lowest BCUT2D eigenvalue weighted by Gasteiger charge is -2.19. The maximum atomic E-state index is 13.1. The molecule has 0 aliphatic carbocycles. The van der Waals surface area contributed by atoms with Crippen molar-refractivity contribution in [3.05, 3.63) is 51.0 Å². The summed E-state index contributed by atoms with van der Waals surface area (Å²) in [6.07, 6.45) is 2.19. The summed E-state index contributed by atoms with van der Waals surface area (Å²) >= 11 is 12.1. The molecule has 0 radical (unpaired) electrons. The standard InChI is InChI=1S/C19H22Cl2N2O3/c1-5-12(6-2)23-15(7-3)22-16(17(23)19(25)26-4)18(24)13-9-8-11(20)10-14(13)21/h8-10,12H,5-7H2,1-4H3. The fraction of sp³-hybridized carbons (Fsp3) is 0.421. The van der Waals surface area contributed by atoms with E-state index in [1.165, 1.54) is 19.2 Å². The normalized spacial score (nSPS) is 11.0. The molecule has 2 rings (SSSR count). The number of aryl methyl sites for hydroxylation is 1. The molecule has 0 aliphatic heterocycles. The number of imidazole rings is 1. The summed E-state index contributed by atoms with van der Waals surface area (Å²) in [5, 5.41) is 0.644. The van der Waals surface area contributed by atoms with E-state index in [0.717, 1.165) is 12.8 Å². The van der Waals surface area contributed by atoms with E-state index in [2.05, 4.69) is 4.98 Å². The van der Waals surface area contributed by atoms with Crippen molar-refractivity contribution in [3.8, 4) is 0 Å². The summed E-state index contributed by atoms with van der Waals surface area (Å²) in [6, 6.07) is 4.66. The third-order valence-electron chi connectivity index (χ3n) is 4.38. The van der Waals surface area contributed by atoms with Crippen LogP contribution in [0.1, 0.15) is 72.0 Å². The monoisotopic (exact) mass is 396 g/mol. The molecule has 0 bridgehead atoms. The minimum atomic E-state index is -0.586. The lowest BCUT2D eigenvalue weighted by Crippen LogP contribution is -2.20. The van der Waals surface area contributed by atoms with E-state index in [1.807, 2.05) is 25.3 Å². The molecule has 0 atom stereocenters. The zero-order valence-corrected chi connectivity index (χ0v) is 16.8. The van der Waals surface area contributed by atoms with Crippen molar-refractivity contribution in [1.29, 1.82) is 0 Å². The van der Waals surface area contributed by atoms with Crippen molar-refractivity contribution >= 4 is 35.0 Å². The predicted octanol–water partition coefficient (Wildman–Crippen LogP) is 5.13. The van der Waals surface area contributed by atoms with Crippen molar-refractivity contribution in [1.82, 2.24) is 9.55 Å². The maximum absolute atomic E-state index is 13.1. The Bertz CT molecular complexity index is 826. The number of benzene rings is 1. The molecule has 0 aliphatic rings. The van der Waals surface area contributed by atoms with Crippen LogP contribution in [0.25, 0.3) is 0 Å². The highest BCUT2D eigenvalue weighted by Crippen LogP contribution is 2.28. The molecule has 0 unspecified atom stereocenters. The first-order chi connectivity index (χ1) is 12.4. The molecule has 1 heterocycles. The Morgan fingerprint density at radius 1 is 1.19 bits per heavy atom. The van der Waals surface area contributed by atoms with Crippen molar-refractivity contribution in [2.45, 2.75) is 46.1 Å². The van der Waals surface area contributed by atoms with Gasteiger partial charge in [-0.2, -0.15) is 0 Å². The Hall–Kier alpha value is -1.85. The highest BCUT2D eigenvalue weighted by atomic mass is 35.5. The number of ether oxygens (including phenoxy) is 1. The number of methoxy groups -OCH3 is 1. The molecule has 140 valence electrons. The Labute approximate surface area is 163 Å². The number of hydrogen-bond acceptors (Lipinski definition) is 4. The highest BCUT2D eigenvalue weighted by Gasteiger charge is 2.31. The van der Waals surface area contributed by atoms with E-state index in [-0.39, 0.29) is 28.0 Å². The van der Waals surface area contributed by atoms with E-state index < -0.39 is 11.8 Å². The van der Waals surface area contributed by atoms with Gasteiger partial charge in [-0.1, -0.05) is 44.0 Å². The fourth-order valence-corrected chi connectivity index (χ4v) is 3.52. The fourth-order valence-electron chi connectivity index (χ4n) is 3.03. The second kappa shape index (κ2) is 8.69. The predicted molar refractivity (Wildman–Crippen MR) is 102 cm³/mol. The van der Waals surface area contributed by atoms with Crippen LogP contribution in [0.5, 0.6) is 0 Å². The number of carbonyl (C=O) groups is 2. The summed E-state index contributed by atoms with van der Waals surface area (Å²) in [7, 11) is 1.29. The minimum absolute atomic E-state index is 0.0498. The lowest BCUT2D eigenvalue weighted by atomic mass is 10.1. The molecular formula is C19H22Cl2N2O3.